The fourth-order valence-corrected chi connectivity index (χ4v) is 2.87. The van der Waals surface area contributed by atoms with Gasteiger partial charge in [0.25, 0.3) is 0 Å². The summed E-state index contributed by atoms with van der Waals surface area (Å²) in [5.74, 6) is 0. The van der Waals surface area contributed by atoms with Crippen molar-refractivity contribution in [2.24, 2.45) is 0 Å². The summed E-state index contributed by atoms with van der Waals surface area (Å²) in [4.78, 5) is 4.90. The van der Waals surface area contributed by atoms with Crippen LogP contribution in [0.2, 0.25) is 0 Å². The number of hydrogen-bond donors (Lipinski definition) is 2. The molecule has 0 aromatic rings. The lowest BCUT2D eigenvalue weighted by Crippen LogP contribution is -2.51. The van der Waals surface area contributed by atoms with Crippen molar-refractivity contribution in [3.05, 3.63) is 0 Å². The summed E-state index contributed by atoms with van der Waals surface area (Å²) < 4.78 is 0. The van der Waals surface area contributed by atoms with Gasteiger partial charge in [-0.3, -0.25) is 0 Å². The summed E-state index contributed by atoms with van der Waals surface area (Å²) in [5, 5.41) is 12.7. The van der Waals surface area contributed by atoms with Crippen LogP contribution in [0, 0.1) is 0 Å². The van der Waals surface area contributed by atoms with Gasteiger partial charge in [-0.15, -0.1) is 0 Å². The second-order valence-corrected chi connectivity index (χ2v) is 6.25. The Kier molecular flexibility index (Phi) is 6.05. The molecule has 1 fully saturated rings. The van der Waals surface area contributed by atoms with Crippen LogP contribution in [0.15, 0.2) is 0 Å². The molecule has 1 rings (SSSR count). The number of likely N-dealkylation sites (N-methyl/N-ethyl adjacent to an activating group) is 1. The molecule has 0 saturated carbocycles. The Morgan fingerprint density at radius 2 is 1.94 bits per heavy atom. The minimum Gasteiger partial charge on any atom is -0.394 e. The van der Waals surface area contributed by atoms with E-state index in [1.165, 1.54) is 25.9 Å². The van der Waals surface area contributed by atoms with E-state index in [-0.39, 0.29) is 12.1 Å². The van der Waals surface area contributed by atoms with Gasteiger partial charge < -0.3 is 20.2 Å². The molecule has 0 radical (unpaired) electrons. The van der Waals surface area contributed by atoms with Crippen LogP contribution in [0.4, 0.5) is 0 Å². The molecule has 0 aromatic heterocycles. The van der Waals surface area contributed by atoms with Crippen LogP contribution in [-0.2, 0) is 0 Å². The predicted molar refractivity (Wildman–Crippen MR) is 76.9 cm³/mol. The van der Waals surface area contributed by atoms with Gasteiger partial charge in [0.15, 0.2) is 0 Å². The van der Waals surface area contributed by atoms with Crippen molar-refractivity contribution in [1.82, 2.24) is 15.1 Å². The summed E-state index contributed by atoms with van der Waals surface area (Å²) in [5.41, 5.74) is -0.155. The highest BCUT2D eigenvalue weighted by Crippen LogP contribution is 2.21. The molecule has 1 heterocycles. The minimum absolute atomic E-state index is 0.155. The van der Waals surface area contributed by atoms with E-state index in [2.05, 4.69) is 43.1 Å². The van der Waals surface area contributed by atoms with E-state index in [4.69, 9.17) is 0 Å². The van der Waals surface area contributed by atoms with E-state index in [0.717, 1.165) is 12.5 Å². The topological polar surface area (TPSA) is 38.7 Å². The molecule has 18 heavy (non-hydrogen) atoms. The zero-order valence-electron chi connectivity index (χ0n) is 12.7. The summed E-state index contributed by atoms with van der Waals surface area (Å²) in [6.45, 7) is 6.92. The Morgan fingerprint density at radius 3 is 2.33 bits per heavy atom. The first kappa shape index (κ1) is 15.9. The third-order valence-electron chi connectivity index (χ3n) is 4.55. The molecule has 0 aliphatic carbocycles. The van der Waals surface area contributed by atoms with Crippen molar-refractivity contribution >= 4 is 0 Å². The molecule has 0 spiro atoms. The Labute approximate surface area is 112 Å². The van der Waals surface area contributed by atoms with Crippen molar-refractivity contribution in [1.29, 1.82) is 0 Å². The predicted octanol–water partition coefficient (Wildman–Crippen LogP) is 0.761. The lowest BCUT2D eigenvalue weighted by Gasteiger charge is -2.41. The number of likely N-dealkylation sites (tertiary alicyclic amines) is 1. The van der Waals surface area contributed by atoms with E-state index >= 15 is 0 Å². The minimum atomic E-state index is -0.155. The molecular weight excluding hydrogens is 226 g/mol. The molecule has 0 amide bonds. The first-order valence-corrected chi connectivity index (χ1v) is 7.12. The normalized spacial score (nSPS) is 24.2. The van der Waals surface area contributed by atoms with Crippen LogP contribution in [-0.4, -0.2) is 73.4 Å². The molecule has 2 unspecified atom stereocenters. The van der Waals surface area contributed by atoms with Crippen molar-refractivity contribution in [2.75, 3.05) is 40.8 Å². The van der Waals surface area contributed by atoms with Gasteiger partial charge in [-0.05, 0) is 67.3 Å². The largest absolute Gasteiger partial charge is 0.394 e. The fourth-order valence-electron chi connectivity index (χ4n) is 2.87. The van der Waals surface area contributed by atoms with Gasteiger partial charge in [0.05, 0.1) is 6.61 Å². The standard InChI is InChI=1S/C14H31N3O/c1-12(10-14(2,11-18)15-3)17-8-6-13(7-9-17)16(4)5/h12-13,15,18H,6-11H2,1-5H3. The Balaban J connectivity index is 2.42. The van der Waals surface area contributed by atoms with Gasteiger partial charge in [-0.1, -0.05) is 0 Å². The van der Waals surface area contributed by atoms with E-state index < -0.39 is 0 Å². The molecule has 108 valence electrons. The van der Waals surface area contributed by atoms with Crippen LogP contribution in [0.5, 0.6) is 0 Å². The number of nitrogens with one attached hydrogen (secondary N) is 1. The first-order chi connectivity index (χ1) is 8.41. The van der Waals surface area contributed by atoms with Gasteiger partial charge in [-0.25, -0.2) is 0 Å². The second-order valence-electron chi connectivity index (χ2n) is 6.25. The summed E-state index contributed by atoms with van der Waals surface area (Å²) in [6, 6.07) is 1.26. The Hall–Kier alpha value is -0.160. The fraction of sp³-hybridized carbons (Fsp3) is 1.00. The van der Waals surface area contributed by atoms with Crippen LogP contribution >= 0.6 is 0 Å². The molecule has 4 nitrogen and oxygen atoms in total. The zero-order chi connectivity index (χ0) is 13.8. The number of nitrogens with zero attached hydrogens (tertiary/aromatic N) is 2. The molecule has 0 aromatic carbocycles. The average molecular weight is 257 g/mol. The maximum absolute atomic E-state index is 9.46. The number of rotatable bonds is 6. The number of aliphatic hydroxyl groups excluding tert-OH is 1. The molecular formula is C14H31N3O. The molecule has 1 saturated heterocycles. The number of piperidine rings is 1. The van der Waals surface area contributed by atoms with Gasteiger partial charge in [0.1, 0.15) is 0 Å². The summed E-state index contributed by atoms with van der Waals surface area (Å²) in [7, 11) is 6.28. The summed E-state index contributed by atoms with van der Waals surface area (Å²) in [6.07, 6.45) is 3.51. The SMILES string of the molecule is CNC(C)(CO)CC(C)N1CCC(N(C)C)CC1. The molecule has 0 bridgehead atoms. The maximum atomic E-state index is 9.46. The third kappa shape index (κ3) is 4.19. The second kappa shape index (κ2) is 6.85. The van der Waals surface area contributed by atoms with E-state index in [9.17, 15) is 5.11 Å². The Morgan fingerprint density at radius 1 is 1.39 bits per heavy atom. The Bertz CT molecular complexity index is 233. The highest BCUT2D eigenvalue weighted by atomic mass is 16.3. The lowest BCUT2D eigenvalue weighted by molar-refractivity contribution is 0.0820. The first-order valence-electron chi connectivity index (χ1n) is 7.12. The van der Waals surface area contributed by atoms with Crippen LogP contribution < -0.4 is 5.32 Å². The lowest BCUT2D eigenvalue weighted by atomic mass is 9.92. The van der Waals surface area contributed by atoms with Gasteiger partial charge in [0, 0.05) is 17.6 Å². The molecule has 1 aliphatic rings. The van der Waals surface area contributed by atoms with E-state index in [1.54, 1.807) is 0 Å². The van der Waals surface area contributed by atoms with Gasteiger partial charge in [-0.2, -0.15) is 0 Å². The van der Waals surface area contributed by atoms with Gasteiger partial charge in [0.2, 0.25) is 0 Å². The van der Waals surface area contributed by atoms with Crippen molar-refractivity contribution in [2.45, 2.75) is 50.7 Å². The van der Waals surface area contributed by atoms with Crippen LogP contribution in [0.1, 0.15) is 33.1 Å². The summed E-state index contributed by atoms with van der Waals surface area (Å²) >= 11 is 0. The molecule has 1 aliphatic heterocycles. The quantitative estimate of drug-likeness (QED) is 0.737. The zero-order valence-corrected chi connectivity index (χ0v) is 12.7. The molecule has 2 atom stereocenters. The van der Waals surface area contributed by atoms with Crippen molar-refractivity contribution in [3.8, 4) is 0 Å². The third-order valence-corrected chi connectivity index (χ3v) is 4.55. The highest BCUT2D eigenvalue weighted by Gasteiger charge is 2.29. The average Bonchev–Trinajstić information content (AvgIpc) is 2.38. The van der Waals surface area contributed by atoms with Crippen LogP contribution in [0.25, 0.3) is 0 Å². The van der Waals surface area contributed by atoms with Crippen LogP contribution in [0.3, 0.4) is 0 Å². The van der Waals surface area contributed by atoms with E-state index in [0.29, 0.717) is 6.04 Å². The number of aliphatic hydroxyl groups is 1. The van der Waals surface area contributed by atoms with Crippen molar-refractivity contribution in [3.63, 3.8) is 0 Å². The van der Waals surface area contributed by atoms with E-state index in [1.807, 2.05) is 7.05 Å². The smallest absolute Gasteiger partial charge is 0.0611 e. The highest BCUT2D eigenvalue weighted by molar-refractivity contribution is 4.88. The molecule has 2 N–H and O–H groups in total. The van der Waals surface area contributed by atoms with Gasteiger partial charge >= 0.3 is 0 Å². The maximum Gasteiger partial charge on any atom is 0.0611 e. The van der Waals surface area contributed by atoms with Crippen molar-refractivity contribution < 1.29 is 5.11 Å². The number of hydrogen-bond acceptors (Lipinski definition) is 4. The monoisotopic (exact) mass is 257 g/mol. The molecule has 4 heteroatoms.